The van der Waals surface area contributed by atoms with Gasteiger partial charge in [0.15, 0.2) is 0 Å². The number of hydrogen-bond donors (Lipinski definition) is 1. The third-order valence-corrected chi connectivity index (χ3v) is 4.04. The maximum Gasteiger partial charge on any atom is 0.138 e. The van der Waals surface area contributed by atoms with E-state index < -0.39 is 0 Å². The Balaban J connectivity index is 2.15. The molecule has 88 valence electrons. The van der Waals surface area contributed by atoms with E-state index in [-0.39, 0.29) is 5.75 Å². The Bertz CT molecular complexity index is 538. The normalized spacial score (nSPS) is 11.2. The van der Waals surface area contributed by atoms with Crippen LogP contribution >= 0.6 is 43.2 Å². The fraction of sp³-hybridized carbons (Fsp3) is 0.0833. The van der Waals surface area contributed by atoms with Gasteiger partial charge in [-0.25, -0.2) is 0 Å². The molecule has 17 heavy (non-hydrogen) atoms. The lowest BCUT2D eigenvalue weighted by molar-refractivity contribution is 0.471. The van der Waals surface area contributed by atoms with E-state index >= 15 is 0 Å². The van der Waals surface area contributed by atoms with E-state index in [2.05, 4.69) is 36.9 Å². The molecule has 0 radical (unpaired) electrons. The van der Waals surface area contributed by atoms with Crippen LogP contribution < -0.4 is 0 Å². The molecule has 2 aromatic rings. The van der Waals surface area contributed by atoms with E-state index in [4.69, 9.17) is 0 Å². The first-order valence-corrected chi connectivity index (χ1v) is 7.33. The summed E-state index contributed by atoms with van der Waals surface area (Å²) in [4.78, 5) is 5.51. The quantitative estimate of drug-likeness (QED) is 0.782. The second-order valence-corrected chi connectivity index (χ2v) is 6.18. The van der Waals surface area contributed by atoms with Crippen molar-refractivity contribution in [2.24, 2.45) is 4.99 Å². The van der Waals surface area contributed by atoms with Gasteiger partial charge in [-0.2, -0.15) is 0 Å². The van der Waals surface area contributed by atoms with Crippen LogP contribution in [0.25, 0.3) is 0 Å². The third-order valence-electron chi connectivity index (χ3n) is 2.12. The smallest absolute Gasteiger partial charge is 0.138 e. The molecule has 0 unspecified atom stereocenters. The molecule has 0 bridgehead atoms. The number of phenols is 1. The topological polar surface area (TPSA) is 32.6 Å². The highest BCUT2D eigenvalue weighted by atomic mass is 79.9. The number of aromatic hydroxyl groups is 1. The summed E-state index contributed by atoms with van der Waals surface area (Å²) in [7, 11) is 0. The van der Waals surface area contributed by atoms with E-state index in [1.165, 1.54) is 4.88 Å². The largest absolute Gasteiger partial charge is 0.506 e. The van der Waals surface area contributed by atoms with Gasteiger partial charge in [-0.1, -0.05) is 22.0 Å². The van der Waals surface area contributed by atoms with Crippen molar-refractivity contribution in [1.29, 1.82) is 0 Å². The van der Waals surface area contributed by atoms with Crippen LogP contribution in [0, 0.1) is 0 Å². The molecule has 1 N–H and O–H groups in total. The van der Waals surface area contributed by atoms with Gasteiger partial charge in [-0.3, -0.25) is 4.99 Å². The minimum Gasteiger partial charge on any atom is -0.506 e. The molecule has 5 heteroatoms. The average molecular weight is 375 g/mol. The minimum atomic E-state index is 0.211. The van der Waals surface area contributed by atoms with E-state index in [1.807, 2.05) is 23.6 Å². The number of rotatable bonds is 3. The molecular weight excluding hydrogens is 366 g/mol. The van der Waals surface area contributed by atoms with Gasteiger partial charge in [0.1, 0.15) is 5.75 Å². The van der Waals surface area contributed by atoms with Crippen molar-refractivity contribution >= 4 is 49.4 Å². The van der Waals surface area contributed by atoms with Crippen LogP contribution in [0.4, 0.5) is 0 Å². The molecule has 1 aromatic heterocycles. The summed E-state index contributed by atoms with van der Waals surface area (Å²) in [6.45, 7) is 0.640. The molecule has 0 amide bonds. The van der Waals surface area contributed by atoms with Crippen molar-refractivity contribution in [3.8, 4) is 5.75 Å². The molecule has 2 rings (SSSR count). The lowest BCUT2D eigenvalue weighted by Crippen LogP contribution is -1.85. The summed E-state index contributed by atoms with van der Waals surface area (Å²) < 4.78 is 1.56. The fourth-order valence-corrected chi connectivity index (χ4v) is 3.22. The van der Waals surface area contributed by atoms with E-state index in [0.29, 0.717) is 16.6 Å². The summed E-state index contributed by atoms with van der Waals surface area (Å²) >= 11 is 8.34. The Labute approximate surface area is 120 Å². The average Bonchev–Trinajstić information content (AvgIpc) is 2.78. The second-order valence-electron chi connectivity index (χ2n) is 3.37. The Hall–Kier alpha value is -0.650. The molecule has 0 aliphatic heterocycles. The van der Waals surface area contributed by atoms with Crippen molar-refractivity contribution in [3.05, 3.63) is 49.0 Å². The van der Waals surface area contributed by atoms with Crippen molar-refractivity contribution < 1.29 is 5.11 Å². The van der Waals surface area contributed by atoms with Gasteiger partial charge in [-0.05, 0) is 39.5 Å². The van der Waals surface area contributed by atoms with Crippen LogP contribution in [0.5, 0.6) is 5.75 Å². The number of hydrogen-bond acceptors (Lipinski definition) is 3. The second kappa shape index (κ2) is 5.80. The van der Waals surface area contributed by atoms with Crippen molar-refractivity contribution in [1.82, 2.24) is 0 Å². The zero-order valence-corrected chi connectivity index (χ0v) is 12.7. The van der Waals surface area contributed by atoms with Crippen molar-refractivity contribution in [2.45, 2.75) is 6.54 Å². The van der Waals surface area contributed by atoms with E-state index in [9.17, 15) is 5.11 Å². The van der Waals surface area contributed by atoms with Crippen LogP contribution in [0.1, 0.15) is 10.4 Å². The van der Waals surface area contributed by atoms with Gasteiger partial charge in [0.05, 0.1) is 11.0 Å². The van der Waals surface area contributed by atoms with Crippen molar-refractivity contribution in [3.63, 3.8) is 0 Å². The Kier molecular flexibility index (Phi) is 4.36. The molecule has 0 spiro atoms. The maximum atomic E-state index is 9.82. The molecule has 0 aliphatic rings. The molecule has 0 saturated carbocycles. The summed E-state index contributed by atoms with van der Waals surface area (Å²) in [5.41, 5.74) is 0.697. The molecule has 0 saturated heterocycles. The van der Waals surface area contributed by atoms with Gasteiger partial charge in [-0.15, -0.1) is 11.3 Å². The first kappa shape index (κ1) is 12.8. The lowest BCUT2D eigenvalue weighted by Gasteiger charge is -2.02. The molecule has 1 aromatic carbocycles. The van der Waals surface area contributed by atoms with Gasteiger partial charge in [0, 0.05) is 21.1 Å². The molecule has 1 heterocycles. The molecular formula is C12H9Br2NOS. The lowest BCUT2D eigenvalue weighted by atomic mass is 10.2. The van der Waals surface area contributed by atoms with Crippen molar-refractivity contribution in [2.75, 3.05) is 0 Å². The highest BCUT2D eigenvalue weighted by molar-refractivity contribution is 9.11. The standard InChI is InChI=1S/C12H9Br2NOS/c13-9-4-8(12(16)11(14)5-9)6-15-7-10-2-1-3-17-10/h1-6,16H,7H2. The van der Waals surface area contributed by atoms with Crippen LogP contribution in [-0.4, -0.2) is 11.3 Å². The van der Waals surface area contributed by atoms with Crippen LogP contribution in [0.2, 0.25) is 0 Å². The summed E-state index contributed by atoms with van der Waals surface area (Å²) in [5.74, 6) is 0.211. The van der Waals surface area contributed by atoms with Crippen LogP contribution in [0.3, 0.4) is 0 Å². The van der Waals surface area contributed by atoms with E-state index in [0.717, 1.165) is 4.47 Å². The predicted octanol–water partition coefficient (Wildman–Crippen LogP) is 4.60. The zero-order chi connectivity index (χ0) is 12.3. The highest BCUT2D eigenvalue weighted by Gasteiger charge is 2.04. The van der Waals surface area contributed by atoms with Gasteiger partial charge in [0.25, 0.3) is 0 Å². The van der Waals surface area contributed by atoms with Gasteiger partial charge < -0.3 is 5.11 Å². The highest BCUT2D eigenvalue weighted by Crippen LogP contribution is 2.30. The maximum absolute atomic E-state index is 9.82. The number of phenolic OH excluding ortho intramolecular Hbond substituents is 1. The first-order chi connectivity index (χ1) is 8.16. The number of thiophene rings is 1. The van der Waals surface area contributed by atoms with Gasteiger partial charge >= 0.3 is 0 Å². The predicted molar refractivity (Wildman–Crippen MR) is 79.1 cm³/mol. The zero-order valence-electron chi connectivity index (χ0n) is 8.73. The van der Waals surface area contributed by atoms with E-state index in [1.54, 1.807) is 23.6 Å². The Morgan fingerprint density at radius 2 is 2.18 bits per heavy atom. The molecule has 0 fully saturated rings. The van der Waals surface area contributed by atoms with Gasteiger partial charge in [0.2, 0.25) is 0 Å². The molecule has 0 atom stereocenters. The van der Waals surface area contributed by atoms with Crippen LogP contribution in [0.15, 0.2) is 43.6 Å². The van der Waals surface area contributed by atoms with Crippen LogP contribution in [-0.2, 0) is 6.54 Å². The fourth-order valence-electron chi connectivity index (χ4n) is 1.32. The number of aliphatic imine (C=N–C) groups is 1. The minimum absolute atomic E-state index is 0.211. The monoisotopic (exact) mass is 373 g/mol. The summed E-state index contributed by atoms with van der Waals surface area (Å²) in [6, 6.07) is 7.67. The number of nitrogens with zero attached hydrogens (tertiary/aromatic N) is 1. The first-order valence-electron chi connectivity index (χ1n) is 4.87. The Morgan fingerprint density at radius 3 is 2.88 bits per heavy atom. The molecule has 2 nitrogen and oxygen atoms in total. The summed E-state index contributed by atoms with van der Waals surface area (Å²) in [6.07, 6.45) is 1.69. The Morgan fingerprint density at radius 1 is 1.35 bits per heavy atom. The number of benzene rings is 1. The SMILES string of the molecule is Oc1c(Br)cc(Br)cc1C=NCc1cccs1. The number of halogens is 2. The summed E-state index contributed by atoms with van der Waals surface area (Å²) in [5, 5.41) is 11.8. The molecule has 0 aliphatic carbocycles. The third kappa shape index (κ3) is 3.40.